The molecule has 1 atom stereocenters. The number of nitrogens with one attached hydrogen (secondary N) is 3. The van der Waals surface area contributed by atoms with Crippen LogP contribution in [0, 0.1) is 5.92 Å². The van der Waals surface area contributed by atoms with E-state index in [1.165, 1.54) is 0 Å². The van der Waals surface area contributed by atoms with Gasteiger partial charge in [0.2, 0.25) is 5.91 Å². The van der Waals surface area contributed by atoms with Gasteiger partial charge in [0, 0.05) is 23.2 Å². The van der Waals surface area contributed by atoms with Crippen molar-refractivity contribution in [3.63, 3.8) is 0 Å². The van der Waals surface area contributed by atoms with Crippen molar-refractivity contribution in [3.8, 4) is 11.1 Å². The van der Waals surface area contributed by atoms with Gasteiger partial charge in [-0.15, -0.1) is 0 Å². The van der Waals surface area contributed by atoms with E-state index in [1.54, 1.807) is 6.07 Å². The van der Waals surface area contributed by atoms with Gasteiger partial charge in [0.25, 0.3) is 0 Å². The first kappa shape index (κ1) is 16.9. The first-order valence-electron chi connectivity index (χ1n) is 8.67. The Hall–Kier alpha value is -2.57. The lowest BCUT2D eigenvalue weighted by Crippen LogP contribution is -2.37. The quantitative estimate of drug-likeness (QED) is 0.532. The number of aromatic amines is 1. The Labute approximate surface area is 156 Å². The van der Waals surface area contributed by atoms with Gasteiger partial charge in [0.05, 0.1) is 16.5 Å². The van der Waals surface area contributed by atoms with Crippen molar-refractivity contribution in [2.45, 2.75) is 12.8 Å². The van der Waals surface area contributed by atoms with Gasteiger partial charge in [-0.2, -0.15) is 5.10 Å². The number of benzene rings is 2. The summed E-state index contributed by atoms with van der Waals surface area (Å²) in [5.41, 5.74) is 9.09. The third-order valence-electron chi connectivity index (χ3n) is 4.78. The molecule has 6 nitrogen and oxygen atoms in total. The molecule has 1 saturated heterocycles. The Balaban J connectivity index is 1.65. The lowest BCUT2D eigenvalue weighted by Gasteiger charge is -2.21. The van der Waals surface area contributed by atoms with E-state index in [0.29, 0.717) is 23.1 Å². The number of fused-ring (bicyclic) bond motifs is 1. The topological polar surface area (TPSA) is 95.8 Å². The predicted molar refractivity (Wildman–Crippen MR) is 105 cm³/mol. The van der Waals surface area contributed by atoms with E-state index in [2.05, 4.69) is 20.8 Å². The Morgan fingerprint density at radius 2 is 2.15 bits per heavy atom. The number of carbonyl (C=O) groups excluding carboxylic acids is 1. The average molecular weight is 370 g/mol. The monoisotopic (exact) mass is 369 g/mol. The zero-order valence-corrected chi connectivity index (χ0v) is 14.9. The Kier molecular flexibility index (Phi) is 4.53. The number of aromatic nitrogens is 2. The van der Waals surface area contributed by atoms with Crippen LogP contribution in [0.4, 0.5) is 11.5 Å². The molecule has 26 heavy (non-hydrogen) atoms. The molecule has 0 spiro atoms. The van der Waals surface area contributed by atoms with Crippen LogP contribution in [0.3, 0.4) is 0 Å². The van der Waals surface area contributed by atoms with Gasteiger partial charge in [-0.25, -0.2) is 0 Å². The number of hydrogen-bond donors (Lipinski definition) is 4. The van der Waals surface area contributed by atoms with Crippen molar-refractivity contribution in [2.75, 3.05) is 24.1 Å². The molecule has 1 unspecified atom stereocenters. The summed E-state index contributed by atoms with van der Waals surface area (Å²) in [5, 5.41) is 14.9. The summed E-state index contributed by atoms with van der Waals surface area (Å²) in [6.45, 7) is 1.68. The lowest BCUT2D eigenvalue weighted by molar-refractivity contribution is -0.120. The molecule has 0 radical (unpaired) electrons. The van der Waals surface area contributed by atoms with Crippen molar-refractivity contribution in [3.05, 3.63) is 41.4 Å². The summed E-state index contributed by atoms with van der Waals surface area (Å²) in [6, 6.07) is 11.3. The molecule has 1 aliphatic heterocycles. The van der Waals surface area contributed by atoms with Crippen molar-refractivity contribution in [1.82, 2.24) is 15.5 Å². The van der Waals surface area contributed by atoms with Crippen LogP contribution >= 0.6 is 11.6 Å². The zero-order valence-electron chi connectivity index (χ0n) is 14.2. The highest BCUT2D eigenvalue weighted by Crippen LogP contribution is 2.33. The summed E-state index contributed by atoms with van der Waals surface area (Å²) < 4.78 is 0. The number of hydrogen-bond acceptors (Lipinski definition) is 4. The van der Waals surface area contributed by atoms with E-state index in [9.17, 15) is 4.79 Å². The van der Waals surface area contributed by atoms with Crippen LogP contribution in [-0.2, 0) is 4.79 Å². The van der Waals surface area contributed by atoms with Crippen LogP contribution in [-0.4, -0.2) is 29.2 Å². The molecular weight excluding hydrogens is 350 g/mol. The highest BCUT2D eigenvalue weighted by Gasteiger charge is 2.22. The lowest BCUT2D eigenvalue weighted by atomic mass is 9.99. The molecule has 0 bridgehead atoms. The van der Waals surface area contributed by atoms with Gasteiger partial charge < -0.3 is 16.4 Å². The highest BCUT2D eigenvalue weighted by molar-refractivity contribution is 6.33. The number of halogens is 1. The number of amides is 1. The third-order valence-corrected chi connectivity index (χ3v) is 5.09. The largest absolute Gasteiger partial charge is 0.399 e. The van der Waals surface area contributed by atoms with Crippen LogP contribution in [0.25, 0.3) is 22.0 Å². The van der Waals surface area contributed by atoms with Crippen molar-refractivity contribution < 1.29 is 4.79 Å². The van der Waals surface area contributed by atoms with Crippen molar-refractivity contribution in [1.29, 1.82) is 0 Å². The number of nitrogen functional groups attached to an aromatic ring is 1. The van der Waals surface area contributed by atoms with E-state index in [1.807, 2.05) is 30.3 Å². The second kappa shape index (κ2) is 6.97. The summed E-state index contributed by atoms with van der Waals surface area (Å²) >= 11 is 6.33. The molecule has 4 rings (SSSR count). The highest BCUT2D eigenvalue weighted by atomic mass is 35.5. The second-order valence-corrected chi connectivity index (χ2v) is 7.01. The Bertz CT molecular complexity index is 962. The molecule has 1 aliphatic rings. The molecule has 1 amide bonds. The number of carbonyl (C=O) groups is 1. The maximum atomic E-state index is 12.5. The first-order chi connectivity index (χ1) is 12.6. The molecule has 0 saturated carbocycles. The fourth-order valence-corrected chi connectivity index (χ4v) is 3.63. The molecule has 5 N–H and O–H groups in total. The van der Waals surface area contributed by atoms with Gasteiger partial charge in [-0.05, 0) is 49.2 Å². The number of rotatable bonds is 3. The van der Waals surface area contributed by atoms with Crippen LogP contribution < -0.4 is 16.4 Å². The van der Waals surface area contributed by atoms with Gasteiger partial charge in [-0.3, -0.25) is 9.89 Å². The van der Waals surface area contributed by atoms with Gasteiger partial charge in [0.1, 0.15) is 0 Å². The minimum Gasteiger partial charge on any atom is -0.399 e. The number of H-pyrrole nitrogens is 1. The van der Waals surface area contributed by atoms with Crippen molar-refractivity contribution >= 4 is 39.9 Å². The molecule has 0 aliphatic carbocycles. The summed E-state index contributed by atoms with van der Waals surface area (Å²) in [4.78, 5) is 12.5. The summed E-state index contributed by atoms with van der Waals surface area (Å²) in [6.07, 6.45) is 1.91. The van der Waals surface area contributed by atoms with E-state index in [4.69, 9.17) is 17.3 Å². The molecular formula is C19H20ClN5O. The molecule has 3 aromatic rings. The van der Waals surface area contributed by atoms with Crippen LogP contribution in [0.5, 0.6) is 0 Å². The second-order valence-electron chi connectivity index (χ2n) is 6.60. The van der Waals surface area contributed by atoms with Crippen LogP contribution in [0.15, 0.2) is 36.4 Å². The smallest absolute Gasteiger partial charge is 0.229 e. The normalized spacial score (nSPS) is 17.3. The van der Waals surface area contributed by atoms with Gasteiger partial charge in [-0.1, -0.05) is 23.7 Å². The van der Waals surface area contributed by atoms with Gasteiger partial charge >= 0.3 is 0 Å². The molecule has 7 heteroatoms. The van der Waals surface area contributed by atoms with Crippen LogP contribution in [0.2, 0.25) is 5.02 Å². The number of piperidine rings is 1. The third kappa shape index (κ3) is 3.25. The number of nitrogens with two attached hydrogens (primary N) is 1. The Morgan fingerprint density at radius 3 is 2.92 bits per heavy atom. The summed E-state index contributed by atoms with van der Waals surface area (Å²) in [7, 11) is 0. The van der Waals surface area contributed by atoms with E-state index in [-0.39, 0.29) is 11.8 Å². The molecule has 134 valence electrons. The molecule has 1 aromatic heterocycles. The van der Waals surface area contributed by atoms with E-state index < -0.39 is 0 Å². The fraction of sp³-hybridized carbons (Fsp3) is 0.263. The van der Waals surface area contributed by atoms with Crippen molar-refractivity contribution in [2.24, 2.45) is 5.92 Å². The molecule has 1 fully saturated rings. The maximum absolute atomic E-state index is 12.5. The van der Waals surface area contributed by atoms with Crippen LogP contribution in [0.1, 0.15) is 12.8 Å². The first-order valence-corrected chi connectivity index (χ1v) is 9.05. The molecule has 2 aromatic carbocycles. The minimum atomic E-state index is -0.0229. The average Bonchev–Trinajstić information content (AvgIpc) is 3.04. The zero-order chi connectivity index (χ0) is 18.1. The fourth-order valence-electron chi connectivity index (χ4n) is 3.34. The standard InChI is InChI=1S/C19H20ClN5O/c20-16-9-13(21)4-5-14(16)11-3-6-17-15(8-11)18(25-24-17)23-19(26)12-2-1-7-22-10-12/h3-6,8-9,12,22H,1-2,7,10,21H2,(H2,23,24,25,26). The van der Waals surface area contributed by atoms with E-state index in [0.717, 1.165) is 41.4 Å². The maximum Gasteiger partial charge on any atom is 0.229 e. The number of nitrogens with zero attached hydrogens (tertiary/aromatic N) is 1. The molecule has 2 heterocycles. The SMILES string of the molecule is Nc1ccc(-c2ccc3[nH]nc(NC(=O)C4CCCNC4)c3c2)c(Cl)c1. The minimum absolute atomic E-state index is 0.00141. The predicted octanol–water partition coefficient (Wildman–Crippen LogP) is 3.40. The number of anilines is 2. The summed E-state index contributed by atoms with van der Waals surface area (Å²) in [5.74, 6) is 0.524. The van der Waals surface area contributed by atoms with Gasteiger partial charge in [0.15, 0.2) is 5.82 Å². The van der Waals surface area contributed by atoms with E-state index >= 15 is 0 Å². The Morgan fingerprint density at radius 1 is 1.27 bits per heavy atom.